The van der Waals surface area contributed by atoms with Gasteiger partial charge in [-0.1, -0.05) is 24.3 Å². The highest BCUT2D eigenvalue weighted by Gasteiger charge is 2.31. The van der Waals surface area contributed by atoms with Crippen LogP contribution in [-0.2, 0) is 17.8 Å². The minimum absolute atomic E-state index is 0. The summed E-state index contributed by atoms with van der Waals surface area (Å²) in [7, 11) is 1.99. The lowest BCUT2D eigenvalue weighted by molar-refractivity contribution is -0.138. The third-order valence-corrected chi connectivity index (χ3v) is 5.39. The fourth-order valence-corrected chi connectivity index (χ4v) is 3.99. The van der Waals surface area contributed by atoms with Crippen LogP contribution in [-0.4, -0.2) is 55.0 Å². The molecule has 2 aliphatic rings. The molecule has 3 rings (SSSR count). The van der Waals surface area contributed by atoms with Crippen molar-refractivity contribution in [3.63, 3.8) is 0 Å². The molecule has 0 aliphatic carbocycles. The number of nitrogens with zero attached hydrogens (tertiary/aromatic N) is 2. The van der Waals surface area contributed by atoms with Gasteiger partial charge in [-0.2, -0.15) is 0 Å². The summed E-state index contributed by atoms with van der Waals surface area (Å²) in [6, 6.07) is 8.60. The Morgan fingerprint density at radius 2 is 1.96 bits per heavy atom. The maximum Gasteiger partial charge on any atom is 0.239 e. The van der Waals surface area contributed by atoms with Crippen LogP contribution in [0.5, 0.6) is 0 Å². The molecular formula is C19H31Cl2N3O. The van der Waals surface area contributed by atoms with Gasteiger partial charge in [0.25, 0.3) is 0 Å². The topological polar surface area (TPSA) is 35.6 Å². The number of hydrogen-bond acceptors (Lipinski definition) is 3. The molecule has 1 amide bonds. The van der Waals surface area contributed by atoms with Crippen LogP contribution in [0.4, 0.5) is 0 Å². The molecule has 0 radical (unpaired) electrons. The highest BCUT2D eigenvalue weighted by Crippen LogP contribution is 2.22. The first-order valence-electron chi connectivity index (χ1n) is 8.93. The second-order valence-electron chi connectivity index (χ2n) is 7.02. The molecule has 6 heteroatoms. The van der Waals surface area contributed by atoms with Crippen molar-refractivity contribution in [2.45, 2.75) is 38.8 Å². The van der Waals surface area contributed by atoms with E-state index >= 15 is 0 Å². The van der Waals surface area contributed by atoms with Crippen molar-refractivity contribution in [2.75, 3.05) is 33.2 Å². The van der Waals surface area contributed by atoms with E-state index in [1.54, 1.807) is 0 Å². The van der Waals surface area contributed by atoms with Gasteiger partial charge < -0.3 is 10.2 Å². The highest BCUT2D eigenvalue weighted by atomic mass is 35.5. The van der Waals surface area contributed by atoms with Crippen molar-refractivity contribution in [1.82, 2.24) is 15.1 Å². The normalized spacial score (nSPS) is 21.5. The van der Waals surface area contributed by atoms with Crippen LogP contribution >= 0.6 is 24.8 Å². The highest BCUT2D eigenvalue weighted by molar-refractivity contribution is 5.85. The van der Waals surface area contributed by atoms with Crippen LogP contribution in [0.2, 0.25) is 0 Å². The molecule has 2 aliphatic heterocycles. The SMILES string of the molecule is CNCC1CCCN(C(=O)C(C)N2CCc3ccccc3C2)C1.Cl.Cl. The molecule has 0 saturated carbocycles. The molecule has 0 bridgehead atoms. The number of halogens is 2. The van der Waals surface area contributed by atoms with Gasteiger partial charge in [-0.05, 0) is 56.8 Å². The van der Waals surface area contributed by atoms with Gasteiger partial charge in [0.15, 0.2) is 0 Å². The van der Waals surface area contributed by atoms with E-state index in [-0.39, 0.29) is 30.9 Å². The number of carbonyl (C=O) groups excluding carboxylic acids is 1. The zero-order valence-electron chi connectivity index (χ0n) is 15.2. The summed E-state index contributed by atoms with van der Waals surface area (Å²) in [4.78, 5) is 17.4. The summed E-state index contributed by atoms with van der Waals surface area (Å²) >= 11 is 0. The lowest BCUT2D eigenvalue weighted by Gasteiger charge is -2.38. The van der Waals surface area contributed by atoms with Crippen LogP contribution in [0, 0.1) is 5.92 Å². The Morgan fingerprint density at radius 1 is 1.24 bits per heavy atom. The fourth-order valence-electron chi connectivity index (χ4n) is 3.99. The van der Waals surface area contributed by atoms with E-state index in [2.05, 4.69) is 46.3 Å². The molecule has 2 atom stereocenters. The number of fused-ring (bicyclic) bond motifs is 1. The Balaban J connectivity index is 0.00000156. The number of rotatable bonds is 4. The van der Waals surface area contributed by atoms with Crippen LogP contribution < -0.4 is 5.32 Å². The molecule has 4 nitrogen and oxygen atoms in total. The third-order valence-electron chi connectivity index (χ3n) is 5.39. The maximum absolute atomic E-state index is 12.9. The number of likely N-dealkylation sites (tertiary alicyclic amines) is 1. The molecule has 2 heterocycles. The van der Waals surface area contributed by atoms with Crippen molar-refractivity contribution in [3.05, 3.63) is 35.4 Å². The maximum atomic E-state index is 12.9. The molecule has 1 fully saturated rings. The average Bonchev–Trinajstić information content (AvgIpc) is 2.60. The molecule has 0 spiro atoms. The van der Waals surface area contributed by atoms with Crippen molar-refractivity contribution >= 4 is 30.7 Å². The van der Waals surface area contributed by atoms with E-state index in [1.807, 2.05) is 7.05 Å². The first-order chi connectivity index (χ1) is 11.2. The Morgan fingerprint density at radius 3 is 2.68 bits per heavy atom. The molecular weight excluding hydrogens is 357 g/mol. The number of benzene rings is 1. The Bertz CT molecular complexity index is 553. The predicted octanol–water partition coefficient (Wildman–Crippen LogP) is 2.73. The first kappa shape index (κ1) is 22.2. The molecule has 1 saturated heterocycles. The van der Waals surface area contributed by atoms with Crippen molar-refractivity contribution < 1.29 is 4.79 Å². The lowest BCUT2D eigenvalue weighted by Crippen LogP contribution is -2.51. The van der Waals surface area contributed by atoms with Crippen LogP contribution in [0.15, 0.2) is 24.3 Å². The van der Waals surface area contributed by atoms with Gasteiger partial charge in [0.1, 0.15) is 0 Å². The van der Waals surface area contributed by atoms with Crippen molar-refractivity contribution in [1.29, 1.82) is 0 Å². The van der Waals surface area contributed by atoms with Gasteiger partial charge in [-0.25, -0.2) is 0 Å². The number of piperidine rings is 1. The summed E-state index contributed by atoms with van der Waals surface area (Å²) in [5.74, 6) is 0.914. The van der Waals surface area contributed by atoms with Gasteiger partial charge >= 0.3 is 0 Å². The summed E-state index contributed by atoms with van der Waals surface area (Å²) < 4.78 is 0. The van der Waals surface area contributed by atoms with Gasteiger partial charge in [0.2, 0.25) is 5.91 Å². The van der Waals surface area contributed by atoms with Crippen LogP contribution in [0.3, 0.4) is 0 Å². The van der Waals surface area contributed by atoms with E-state index in [0.29, 0.717) is 11.8 Å². The number of hydrogen-bond donors (Lipinski definition) is 1. The molecule has 142 valence electrons. The summed E-state index contributed by atoms with van der Waals surface area (Å²) in [6.45, 7) is 6.81. The quantitative estimate of drug-likeness (QED) is 0.862. The monoisotopic (exact) mass is 387 g/mol. The second kappa shape index (κ2) is 10.4. The number of carbonyl (C=O) groups is 1. The van der Waals surface area contributed by atoms with Crippen molar-refractivity contribution in [2.24, 2.45) is 5.92 Å². The smallest absolute Gasteiger partial charge is 0.239 e. The molecule has 1 N–H and O–H groups in total. The van der Waals surface area contributed by atoms with Gasteiger partial charge in [0, 0.05) is 26.2 Å². The largest absolute Gasteiger partial charge is 0.341 e. The lowest BCUT2D eigenvalue weighted by atomic mass is 9.96. The summed E-state index contributed by atoms with van der Waals surface area (Å²) in [5, 5.41) is 3.25. The molecule has 25 heavy (non-hydrogen) atoms. The van der Waals surface area contributed by atoms with Crippen molar-refractivity contribution in [3.8, 4) is 0 Å². The van der Waals surface area contributed by atoms with Gasteiger partial charge in [-0.3, -0.25) is 9.69 Å². The minimum Gasteiger partial charge on any atom is -0.341 e. The summed E-state index contributed by atoms with van der Waals surface area (Å²) in [5.41, 5.74) is 2.82. The molecule has 2 unspecified atom stereocenters. The van der Waals surface area contributed by atoms with E-state index in [1.165, 1.54) is 17.5 Å². The zero-order valence-corrected chi connectivity index (χ0v) is 16.9. The molecule has 1 aromatic carbocycles. The van der Waals surface area contributed by atoms with Gasteiger partial charge in [-0.15, -0.1) is 24.8 Å². The third kappa shape index (κ3) is 5.33. The van der Waals surface area contributed by atoms with Crippen LogP contribution in [0.25, 0.3) is 0 Å². The summed E-state index contributed by atoms with van der Waals surface area (Å²) in [6.07, 6.45) is 3.42. The molecule has 0 aromatic heterocycles. The van der Waals surface area contributed by atoms with E-state index in [4.69, 9.17) is 0 Å². The number of amides is 1. The Kier molecular flexibility index (Phi) is 9.22. The predicted molar refractivity (Wildman–Crippen MR) is 108 cm³/mol. The van der Waals surface area contributed by atoms with E-state index in [0.717, 1.165) is 45.6 Å². The Hall–Kier alpha value is -0.810. The standard InChI is InChI=1S/C19H29N3O.2ClH/c1-15(19(23)22-10-5-6-16(13-22)12-20-2)21-11-9-17-7-3-4-8-18(17)14-21;;/h3-4,7-8,15-16,20H,5-6,9-14H2,1-2H3;2*1H. The van der Waals surface area contributed by atoms with E-state index in [9.17, 15) is 4.79 Å². The second-order valence-corrected chi connectivity index (χ2v) is 7.02. The Labute approximate surface area is 164 Å². The zero-order chi connectivity index (χ0) is 16.2. The fraction of sp³-hybridized carbons (Fsp3) is 0.632. The average molecular weight is 388 g/mol. The molecule has 1 aromatic rings. The number of nitrogens with one attached hydrogen (secondary N) is 1. The van der Waals surface area contributed by atoms with E-state index < -0.39 is 0 Å². The minimum atomic E-state index is -0.0170. The van der Waals surface area contributed by atoms with Crippen LogP contribution in [0.1, 0.15) is 30.9 Å². The van der Waals surface area contributed by atoms with Gasteiger partial charge in [0.05, 0.1) is 6.04 Å². The first-order valence-corrected chi connectivity index (χ1v) is 8.93.